The fraction of sp³-hybridized carbons (Fsp3) is 0.333. The van der Waals surface area contributed by atoms with Crippen molar-refractivity contribution in [3.63, 3.8) is 0 Å². The molecule has 2 aromatic rings. The maximum atomic E-state index is 12.6. The maximum Gasteiger partial charge on any atom is 0.308 e. The molecule has 0 saturated carbocycles. The van der Waals surface area contributed by atoms with Crippen LogP contribution in [0, 0.1) is 5.92 Å². The number of aliphatic carboxylic acids is 1. The van der Waals surface area contributed by atoms with E-state index in [9.17, 15) is 9.59 Å². The number of carbonyl (C=O) groups is 2. The lowest BCUT2D eigenvalue weighted by Gasteiger charge is -2.30. The average Bonchev–Trinajstić information content (AvgIpc) is 2.53. The van der Waals surface area contributed by atoms with Crippen molar-refractivity contribution in [3.8, 4) is 0 Å². The molecule has 2 heterocycles. The van der Waals surface area contributed by atoms with Crippen LogP contribution < -0.4 is 0 Å². The summed E-state index contributed by atoms with van der Waals surface area (Å²) in [6, 6.07) is 5.28. The molecule has 0 radical (unpaired) electrons. The van der Waals surface area contributed by atoms with Crippen molar-refractivity contribution in [2.24, 2.45) is 5.92 Å². The number of hydrogen-bond donors (Lipinski definition) is 1. The highest BCUT2D eigenvalue weighted by molar-refractivity contribution is 6.04. The Balaban J connectivity index is 1.92. The Kier molecular flexibility index (Phi) is 3.51. The summed E-state index contributed by atoms with van der Waals surface area (Å²) in [7, 11) is 0. The van der Waals surface area contributed by atoms with Crippen LogP contribution in [0.5, 0.6) is 0 Å². The molecule has 0 spiro atoms. The van der Waals surface area contributed by atoms with Gasteiger partial charge in [-0.25, -0.2) is 0 Å². The number of benzene rings is 1. The number of para-hydroxylation sites is 1. The van der Waals surface area contributed by atoms with Gasteiger partial charge in [-0.3, -0.25) is 19.6 Å². The third-order valence-electron chi connectivity index (χ3n) is 3.79. The fourth-order valence-electron chi connectivity index (χ4n) is 2.70. The lowest BCUT2D eigenvalue weighted by Crippen LogP contribution is -2.42. The smallest absolute Gasteiger partial charge is 0.308 e. The number of likely N-dealkylation sites (tertiary alicyclic amines) is 1. The zero-order valence-corrected chi connectivity index (χ0v) is 11.4. The van der Waals surface area contributed by atoms with E-state index >= 15 is 0 Å². The summed E-state index contributed by atoms with van der Waals surface area (Å²) in [6.45, 7) is 0.837. The molecule has 1 atom stereocenters. The van der Waals surface area contributed by atoms with Crippen LogP contribution in [-0.2, 0) is 4.79 Å². The first-order valence-corrected chi connectivity index (χ1v) is 6.88. The van der Waals surface area contributed by atoms with Crippen molar-refractivity contribution in [2.75, 3.05) is 13.1 Å². The second-order valence-electron chi connectivity index (χ2n) is 5.16. The number of carboxylic acids is 1. The number of aromatic nitrogens is 2. The van der Waals surface area contributed by atoms with Crippen molar-refractivity contribution < 1.29 is 14.7 Å². The normalized spacial score (nSPS) is 18.7. The third-order valence-corrected chi connectivity index (χ3v) is 3.79. The van der Waals surface area contributed by atoms with E-state index < -0.39 is 11.9 Å². The standard InChI is InChI=1S/C15H15N3O3/c19-14(18-8-2-3-10(9-18)15(20)21)11-4-1-5-12-13(11)17-7-6-16-12/h1,4-7,10H,2-3,8-9H2,(H,20,21). The van der Waals surface area contributed by atoms with Crippen LogP contribution in [-0.4, -0.2) is 44.9 Å². The predicted molar refractivity (Wildman–Crippen MR) is 75.8 cm³/mol. The van der Waals surface area contributed by atoms with E-state index in [-0.39, 0.29) is 12.5 Å². The van der Waals surface area contributed by atoms with Gasteiger partial charge in [0.25, 0.3) is 5.91 Å². The molecule has 1 aromatic carbocycles. The average molecular weight is 285 g/mol. The van der Waals surface area contributed by atoms with Crippen LogP contribution in [0.2, 0.25) is 0 Å². The Morgan fingerprint density at radius 3 is 2.86 bits per heavy atom. The van der Waals surface area contributed by atoms with E-state index in [4.69, 9.17) is 5.11 Å². The van der Waals surface area contributed by atoms with E-state index in [0.29, 0.717) is 36.0 Å². The number of carbonyl (C=O) groups excluding carboxylic acids is 1. The Bertz CT molecular complexity index is 696. The minimum absolute atomic E-state index is 0.174. The Morgan fingerprint density at radius 1 is 1.24 bits per heavy atom. The molecule has 1 aliphatic heterocycles. The highest BCUT2D eigenvalue weighted by Gasteiger charge is 2.29. The molecule has 1 saturated heterocycles. The molecular weight excluding hydrogens is 270 g/mol. The number of hydrogen-bond acceptors (Lipinski definition) is 4. The molecule has 1 aromatic heterocycles. The van der Waals surface area contributed by atoms with Crippen molar-refractivity contribution in [1.29, 1.82) is 0 Å². The first kappa shape index (κ1) is 13.5. The molecule has 1 amide bonds. The second-order valence-corrected chi connectivity index (χ2v) is 5.16. The molecular formula is C15H15N3O3. The third kappa shape index (κ3) is 2.56. The van der Waals surface area contributed by atoms with Crippen LogP contribution in [0.4, 0.5) is 0 Å². The second kappa shape index (κ2) is 5.47. The first-order chi connectivity index (χ1) is 10.2. The van der Waals surface area contributed by atoms with Gasteiger partial charge in [-0.05, 0) is 25.0 Å². The Hall–Kier alpha value is -2.50. The Labute approximate surface area is 121 Å². The highest BCUT2D eigenvalue weighted by Crippen LogP contribution is 2.21. The summed E-state index contributed by atoms with van der Waals surface area (Å²) >= 11 is 0. The van der Waals surface area contributed by atoms with Gasteiger partial charge in [-0.15, -0.1) is 0 Å². The number of amides is 1. The molecule has 1 unspecified atom stereocenters. The van der Waals surface area contributed by atoms with E-state index in [1.54, 1.807) is 35.5 Å². The van der Waals surface area contributed by atoms with Crippen LogP contribution in [0.15, 0.2) is 30.6 Å². The summed E-state index contributed by atoms with van der Waals surface area (Å²) in [4.78, 5) is 33.8. The zero-order chi connectivity index (χ0) is 14.8. The summed E-state index contributed by atoms with van der Waals surface area (Å²) < 4.78 is 0. The molecule has 108 valence electrons. The van der Waals surface area contributed by atoms with Gasteiger partial charge in [0.2, 0.25) is 0 Å². The molecule has 0 aliphatic carbocycles. The van der Waals surface area contributed by atoms with Gasteiger partial charge in [0.1, 0.15) is 5.52 Å². The number of fused-ring (bicyclic) bond motifs is 1. The maximum absolute atomic E-state index is 12.6. The molecule has 1 N–H and O–H groups in total. The van der Waals surface area contributed by atoms with E-state index in [2.05, 4.69) is 9.97 Å². The van der Waals surface area contributed by atoms with Crippen LogP contribution in [0.3, 0.4) is 0 Å². The predicted octanol–water partition coefficient (Wildman–Crippen LogP) is 1.57. The van der Waals surface area contributed by atoms with Gasteiger partial charge in [0, 0.05) is 25.5 Å². The van der Waals surface area contributed by atoms with Crippen LogP contribution in [0.1, 0.15) is 23.2 Å². The van der Waals surface area contributed by atoms with Gasteiger partial charge in [-0.1, -0.05) is 6.07 Å². The monoisotopic (exact) mass is 285 g/mol. The van der Waals surface area contributed by atoms with Gasteiger partial charge < -0.3 is 10.0 Å². The SMILES string of the molecule is O=C(O)C1CCCN(C(=O)c2cccc3nccnc23)C1. The van der Waals surface area contributed by atoms with Gasteiger partial charge in [0.05, 0.1) is 17.0 Å². The zero-order valence-electron chi connectivity index (χ0n) is 11.4. The van der Waals surface area contributed by atoms with E-state index in [1.165, 1.54) is 0 Å². The topological polar surface area (TPSA) is 83.4 Å². The lowest BCUT2D eigenvalue weighted by atomic mass is 9.97. The van der Waals surface area contributed by atoms with Gasteiger partial charge in [0.15, 0.2) is 0 Å². The molecule has 21 heavy (non-hydrogen) atoms. The van der Waals surface area contributed by atoms with E-state index in [0.717, 1.165) is 0 Å². The van der Waals surface area contributed by atoms with Crippen molar-refractivity contribution >= 4 is 22.9 Å². The Morgan fingerprint density at radius 2 is 2.05 bits per heavy atom. The summed E-state index contributed by atoms with van der Waals surface area (Å²) in [5.41, 5.74) is 1.70. The largest absolute Gasteiger partial charge is 0.481 e. The molecule has 0 bridgehead atoms. The van der Waals surface area contributed by atoms with Crippen molar-refractivity contribution in [2.45, 2.75) is 12.8 Å². The number of rotatable bonds is 2. The molecule has 3 rings (SSSR count). The van der Waals surface area contributed by atoms with E-state index in [1.807, 2.05) is 0 Å². The summed E-state index contributed by atoms with van der Waals surface area (Å²) in [5, 5.41) is 9.12. The number of piperidine rings is 1. The van der Waals surface area contributed by atoms with Crippen molar-refractivity contribution in [3.05, 3.63) is 36.2 Å². The van der Waals surface area contributed by atoms with Crippen LogP contribution in [0.25, 0.3) is 11.0 Å². The molecule has 1 fully saturated rings. The highest BCUT2D eigenvalue weighted by atomic mass is 16.4. The minimum atomic E-state index is -0.842. The lowest BCUT2D eigenvalue weighted by molar-refractivity contribution is -0.143. The first-order valence-electron chi connectivity index (χ1n) is 6.88. The van der Waals surface area contributed by atoms with Gasteiger partial charge in [-0.2, -0.15) is 0 Å². The van der Waals surface area contributed by atoms with Crippen LogP contribution >= 0.6 is 0 Å². The fourth-order valence-corrected chi connectivity index (χ4v) is 2.70. The molecule has 6 nitrogen and oxygen atoms in total. The van der Waals surface area contributed by atoms with Gasteiger partial charge >= 0.3 is 5.97 Å². The summed E-state index contributed by atoms with van der Waals surface area (Å²) in [6.07, 6.45) is 4.46. The van der Waals surface area contributed by atoms with Crippen molar-refractivity contribution in [1.82, 2.24) is 14.9 Å². The molecule has 1 aliphatic rings. The summed E-state index contributed by atoms with van der Waals surface area (Å²) in [5.74, 6) is -1.50. The number of nitrogens with zero attached hydrogens (tertiary/aromatic N) is 3. The minimum Gasteiger partial charge on any atom is -0.481 e. The number of carboxylic acid groups (broad SMARTS) is 1. The molecule has 6 heteroatoms. The quantitative estimate of drug-likeness (QED) is 0.905.